The molecule has 8 heteroatoms. The molecule has 2 aromatic carbocycles. The standard InChI is InChI=1S/C24H25N5O3/c1-31-19-7-3-17(4-8-19)22(15-25)28-11-13-29(14-12-28)24(30)21-16-26-27-23(21)18-5-9-20(32-2)10-6-18/h3-10,16,22H,11-14H2,1-2H3,(H,26,27). The van der Waals surface area contributed by atoms with Crippen LogP contribution >= 0.6 is 0 Å². The molecule has 1 amide bonds. The van der Waals surface area contributed by atoms with E-state index >= 15 is 0 Å². The summed E-state index contributed by atoms with van der Waals surface area (Å²) >= 11 is 0. The zero-order valence-electron chi connectivity index (χ0n) is 18.1. The number of nitrogens with one attached hydrogen (secondary N) is 1. The molecule has 2 heterocycles. The highest BCUT2D eigenvalue weighted by atomic mass is 16.5. The molecule has 164 valence electrons. The Morgan fingerprint density at radius 1 is 1.00 bits per heavy atom. The van der Waals surface area contributed by atoms with Gasteiger partial charge in [-0.05, 0) is 42.0 Å². The predicted octanol–water partition coefficient (Wildman–Crippen LogP) is 3.12. The van der Waals surface area contributed by atoms with Gasteiger partial charge in [-0.2, -0.15) is 10.4 Å². The van der Waals surface area contributed by atoms with Gasteiger partial charge in [-0.15, -0.1) is 0 Å². The minimum absolute atomic E-state index is 0.0674. The van der Waals surface area contributed by atoms with E-state index in [0.717, 1.165) is 22.6 Å². The van der Waals surface area contributed by atoms with E-state index < -0.39 is 0 Å². The van der Waals surface area contributed by atoms with E-state index in [1.54, 1.807) is 20.4 Å². The van der Waals surface area contributed by atoms with Crippen LogP contribution < -0.4 is 9.47 Å². The van der Waals surface area contributed by atoms with Gasteiger partial charge in [0.25, 0.3) is 5.91 Å². The van der Waals surface area contributed by atoms with E-state index in [2.05, 4.69) is 21.2 Å². The molecule has 3 aromatic rings. The SMILES string of the molecule is COc1ccc(-c2[nH]ncc2C(=O)N2CCN(C(C#N)c3ccc(OC)cc3)CC2)cc1. The summed E-state index contributed by atoms with van der Waals surface area (Å²) < 4.78 is 10.4. The lowest BCUT2D eigenvalue weighted by atomic mass is 10.0. The van der Waals surface area contributed by atoms with Crippen molar-refractivity contribution in [3.63, 3.8) is 0 Å². The second-order valence-corrected chi connectivity index (χ2v) is 7.52. The van der Waals surface area contributed by atoms with Crippen molar-refractivity contribution in [1.29, 1.82) is 5.26 Å². The summed E-state index contributed by atoms with van der Waals surface area (Å²) in [5, 5.41) is 16.8. The Labute approximate surface area is 187 Å². The number of H-pyrrole nitrogens is 1. The predicted molar refractivity (Wildman–Crippen MR) is 119 cm³/mol. The third kappa shape index (κ3) is 4.29. The van der Waals surface area contributed by atoms with Gasteiger partial charge in [0.15, 0.2) is 0 Å². The van der Waals surface area contributed by atoms with Gasteiger partial charge in [0.05, 0.1) is 37.7 Å². The third-order valence-electron chi connectivity index (χ3n) is 5.77. The van der Waals surface area contributed by atoms with Crippen LogP contribution in [0.5, 0.6) is 11.5 Å². The molecule has 0 saturated carbocycles. The summed E-state index contributed by atoms with van der Waals surface area (Å²) in [6, 6.07) is 17.1. The second-order valence-electron chi connectivity index (χ2n) is 7.52. The van der Waals surface area contributed by atoms with Crippen molar-refractivity contribution < 1.29 is 14.3 Å². The lowest BCUT2D eigenvalue weighted by Gasteiger charge is -2.37. The van der Waals surface area contributed by atoms with Gasteiger partial charge in [-0.1, -0.05) is 12.1 Å². The number of methoxy groups -OCH3 is 2. The molecule has 1 atom stereocenters. The number of ether oxygens (including phenoxy) is 2. The number of nitriles is 1. The number of carbonyl (C=O) groups excluding carboxylic acids is 1. The maximum Gasteiger partial charge on any atom is 0.257 e. The number of nitrogens with zero attached hydrogens (tertiary/aromatic N) is 4. The zero-order chi connectivity index (χ0) is 22.5. The highest BCUT2D eigenvalue weighted by molar-refractivity contribution is 5.99. The monoisotopic (exact) mass is 431 g/mol. The number of piperazine rings is 1. The summed E-state index contributed by atoms with van der Waals surface area (Å²) in [5.41, 5.74) is 3.02. The van der Waals surface area contributed by atoms with Crippen molar-refractivity contribution in [3.05, 3.63) is 65.9 Å². The molecule has 4 rings (SSSR count). The molecule has 1 aliphatic rings. The highest BCUT2D eigenvalue weighted by Gasteiger charge is 2.29. The maximum atomic E-state index is 13.2. The van der Waals surface area contributed by atoms with Crippen LogP contribution in [-0.4, -0.2) is 66.3 Å². The fourth-order valence-electron chi connectivity index (χ4n) is 3.93. The molecule has 32 heavy (non-hydrogen) atoms. The van der Waals surface area contributed by atoms with Gasteiger partial charge in [-0.3, -0.25) is 14.8 Å². The van der Waals surface area contributed by atoms with Crippen molar-refractivity contribution in [2.45, 2.75) is 6.04 Å². The lowest BCUT2D eigenvalue weighted by molar-refractivity contribution is 0.0607. The van der Waals surface area contributed by atoms with Crippen molar-refractivity contribution >= 4 is 5.91 Å². The van der Waals surface area contributed by atoms with Crippen LogP contribution in [0.4, 0.5) is 0 Å². The molecule has 0 spiro atoms. The van der Waals surface area contributed by atoms with Gasteiger partial charge in [0.1, 0.15) is 17.5 Å². The average Bonchev–Trinajstić information content (AvgIpc) is 3.35. The van der Waals surface area contributed by atoms with Crippen LogP contribution in [0.3, 0.4) is 0 Å². The average molecular weight is 431 g/mol. The second kappa shape index (κ2) is 9.54. The Morgan fingerprint density at radius 3 is 2.16 bits per heavy atom. The highest BCUT2D eigenvalue weighted by Crippen LogP contribution is 2.27. The number of aromatic amines is 1. The Hall–Kier alpha value is -3.83. The smallest absolute Gasteiger partial charge is 0.257 e. The number of amides is 1. The van der Waals surface area contributed by atoms with E-state index in [9.17, 15) is 10.1 Å². The fourth-order valence-corrected chi connectivity index (χ4v) is 3.93. The van der Waals surface area contributed by atoms with Crippen LogP contribution in [0.25, 0.3) is 11.3 Å². The Bertz CT molecular complexity index is 1090. The van der Waals surface area contributed by atoms with Crippen LogP contribution in [0.2, 0.25) is 0 Å². The summed E-state index contributed by atoms with van der Waals surface area (Å²) in [4.78, 5) is 17.1. The molecule has 1 N–H and O–H groups in total. The molecule has 0 radical (unpaired) electrons. The van der Waals surface area contributed by atoms with Crippen molar-refractivity contribution in [2.24, 2.45) is 0 Å². The first-order valence-corrected chi connectivity index (χ1v) is 10.4. The normalized spacial score (nSPS) is 15.1. The number of hydrogen-bond donors (Lipinski definition) is 1. The summed E-state index contributed by atoms with van der Waals surface area (Å²) in [6.07, 6.45) is 1.57. The van der Waals surface area contributed by atoms with E-state index in [1.807, 2.05) is 53.4 Å². The molecule has 1 saturated heterocycles. The van der Waals surface area contributed by atoms with Gasteiger partial charge in [-0.25, -0.2) is 0 Å². The molecule has 8 nitrogen and oxygen atoms in total. The first-order valence-electron chi connectivity index (χ1n) is 10.4. The van der Waals surface area contributed by atoms with Crippen LogP contribution in [0.1, 0.15) is 22.0 Å². The van der Waals surface area contributed by atoms with E-state index in [1.165, 1.54) is 0 Å². The van der Waals surface area contributed by atoms with E-state index in [-0.39, 0.29) is 11.9 Å². The van der Waals surface area contributed by atoms with Crippen molar-refractivity contribution in [3.8, 4) is 28.8 Å². The molecule has 0 aliphatic carbocycles. The lowest BCUT2D eigenvalue weighted by Crippen LogP contribution is -2.49. The van der Waals surface area contributed by atoms with Gasteiger partial charge < -0.3 is 14.4 Å². The quantitative estimate of drug-likeness (QED) is 0.644. The molecular weight excluding hydrogens is 406 g/mol. The molecule has 1 aromatic heterocycles. The number of benzene rings is 2. The van der Waals surface area contributed by atoms with Crippen LogP contribution in [0.15, 0.2) is 54.7 Å². The number of aromatic nitrogens is 2. The Balaban J connectivity index is 1.43. The molecule has 1 unspecified atom stereocenters. The van der Waals surface area contributed by atoms with Gasteiger partial charge in [0, 0.05) is 31.7 Å². The molecule has 0 bridgehead atoms. The Kier molecular flexibility index (Phi) is 6.38. The summed E-state index contributed by atoms with van der Waals surface area (Å²) in [5.74, 6) is 1.44. The number of hydrogen-bond acceptors (Lipinski definition) is 6. The van der Waals surface area contributed by atoms with Crippen LogP contribution in [-0.2, 0) is 0 Å². The first-order chi connectivity index (χ1) is 15.6. The zero-order valence-corrected chi connectivity index (χ0v) is 18.1. The molecular formula is C24H25N5O3. The van der Waals surface area contributed by atoms with Gasteiger partial charge >= 0.3 is 0 Å². The topological polar surface area (TPSA) is 94.5 Å². The Morgan fingerprint density at radius 2 is 1.59 bits per heavy atom. The van der Waals surface area contributed by atoms with Crippen molar-refractivity contribution in [2.75, 3.05) is 40.4 Å². The summed E-state index contributed by atoms with van der Waals surface area (Å²) in [6.45, 7) is 2.32. The number of carbonyl (C=O) groups is 1. The molecule has 1 aliphatic heterocycles. The minimum atomic E-state index is -0.359. The van der Waals surface area contributed by atoms with Crippen molar-refractivity contribution in [1.82, 2.24) is 20.0 Å². The maximum absolute atomic E-state index is 13.2. The van der Waals surface area contributed by atoms with E-state index in [4.69, 9.17) is 9.47 Å². The minimum Gasteiger partial charge on any atom is -0.497 e. The first kappa shape index (κ1) is 21.4. The fraction of sp³-hybridized carbons (Fsp3) is 0.292. The van der Waals surface area contributed by atoms with Crippen LogP contribution in [0, 0.1) is 11.3 Å². The van der Waals surface area contributed by atoms with Gasteiger partial charge in [0.2, 0.25) is 0 Å². The molecule has 1 fully saturated rings. The summed E-state index contributed by atoms with van der Waals surface area (Å²) in [7, 11) is 3.23. The van der Waals surface area contributed by atoms with E-state index in [0.29, 0.717) is 37.4 Å². The third-order valence-corrected chi connectivity index (χ3v) is 5.77. The number of rotatable bonds is 6. The largest absolute Gasteiger partial charge is 0.497 e.